The lowest BCUT2D eigenvalue weighted by atomic mass is 10.0. The number of fused-ring (bicyclic) bond motifs is 1. The van der Waals surface area contributed by atoms with E-state index < -0.39 is 0 Å². The van der Waals surface area contributed by atoms with Gasteiger partial charge in [-0.2, -0.15) is 0 Å². The molecule has 4 heteroatoms. The molecule has 100 valence electrons. The normalized spacial score (nSPS) is 17.7. The van der Waals surface area contributed by atoms with E-state index in [4.69, 9.17) is 11.6 Å². The molecule has 0 spiro atoms. The third-order valence-corrected chi connectivity index (χ3v) is 5.43. The molecule has 0 radical (unpaired) electrons. The summed E-state index contributed by atoms with van der Waals surface area (Å²) < 4.78 is 0.171. The standard InChI is InChI=1S/C14H19ClINO/c1-10(18)14(16)12-3-4-13-11(9-12)5-8-17(13)7-2-6-15/h3-4,9-10,14,18H,2,5-8H2,1H3. The number of benzene rings is 1. The summed E-state index contributed by atoms with van der Waals surface area (Å²) in [7, 11) is 0. The van der Waals surface area contributed by atoms with Crippen molar-refractivity contribution in [2.24, 2.45) is 0 Å². The average Bonchev–Trinajstić information content (AvgIpc) is 2.77. The minimum Gasteiger partial charge on any atom is -0.392 e. The molecule has 0 saturated carbocycles. The number of alkyl halides is 2. The van der Waals surface area contributed by atoms with Crippen molar-refractivity contribution in [1.29, 1.82) is 0 Å². The van der Waals surface area contributed by atoms with Gasteiger partial charge in [0.15, 0.2) is 0 Å². The first kappa shape index (κ1) is 14.4. The minimum atomic E-state index is -0.308. The molecular formula is C14H19ClINO. The summed E-state index contributed by atoms with van der Waals surface area (Å²) in [5.74, 6) is 0.724. The summed E-state index contributed by atoms with van der Waals surface area (Å²) in [6.07, 6.45) is 1.83. The van der Waals surface area contributed by atoms with Gasteiger partial charge in [-0.15, -0.1) is 11.6 Å². The van der Waals surface area contributed by atoms with Crippen LogP contribution in [0.1, 0.15) is 28.4 Å². The van der Waals surface area contributed by atoms with E-state index in [1.54, 1.807) is 0 Å². The highest BCUT2D eigenvalue weighted by molar-refractivity contribution is 14.1. The Hall–Kier alpha value is -0.000000000000000111. The monoisotopic (exact) mass is 379 g/mol. The number of nitrogens with zero attached hydrogens (tertiary/aromatic N) is 1. The van der Waals surface area contributed by atoms with E-state index in [1.807, 2.05) is 6.92 Å². The van der Waals surface area contributed by atoms with Crippen LogP contribution in [0.15, 0.2) is 18.2 Å². The number of aliphatic hydroxyl groups is 1. The first-order valence-electron chi connectivity index (χ1n) is 6.39. The van der Waals surface area contributed by atoms with Gasteiger partial charge in [-0.3, -0.25) is 0 Å². The summed E-state index contributed by atoms with van der Waals surface area (Å²) in [6.45, 7) is 3.98. The molecule has 18 heavy (non-hydrogen) atoms. The van der Waals surface area contributed by atoms with Crippen LogP contribution in [0.4, 0.5) is 5.69 Å². The molecule has 0 amide bonds. The molecule has 0 fully saturated rings. The van der Waals surface area contributed by atoms with Gasteiger partial charge >= 0.3 is 0 Å². The van der Waals surface area contributed by atoms with Crippen molar-refractivity contribution in [2.45, 2.75) is 29.8 Å². The van der Waals surface area contributed by atoms with Gasteiger partial charge in [0.2, 0.25) is 0 Å². The van der Waals surface area contributed by atoms with Crippen LogP contribution in [0.2, 0.25) is 0 Å². The van der Waals surface area contributed by atoms with Gasteiger partial charge < -0.3 is 10.0 Å². The van der Waals surface area contributed by atoms with E-state index in [0.717, 1.165) is 31.8 Å². The van der Waals surface area contributed by atoms with E-state index in [1.165, 1.54) is 16.8 Å². The fraction of sp³-hybridized carbons (Fsp3) is 0.571. The van der Waals surface area contributed by atoms with Crippen LogP contribution < -0.4 is 4.90 Å². The Morgan fingerprint density at radius 2 is 2.28 bits per heavy atom. The second-order valence-corrected chi connectivity index (χ2v) is 6.53. The zero-order valence-corrected chi connectivity index (χ0v) is 13.5. The summed E-state index contributed by atoms with van der Waals surface area (Å²) in [6, 6.07) is 6.58. The second-order valence-electron chi connectivity index (χ2n) is 4.81. The van der Waals surface area contributed by atoms with Crippen LogP contribution in [-0.4, -0.2) is 30.2 Å². The van der Waals surface area contributed by atoms with E-state index >= 15 is 0 Å². The van der Waals surface area contributed by atoms with E-state index in [2.05, 4.69) is 45.7 Å². The fourth-order valence-corrected chi connectivity index (χ4v) is 2.93. The van der Waals surface area contributed by atoms with Gasteiger partial charge in [0.25, 0.3) is 0 Å². The van der Waals surface area contributed by atoms with E-state index in [-0.39, 0.29) is 10.0 Å². The third kappa shape index (κ3) is 3.11. The molecule has 1 aromatic carbocycles. The Morgan fingerprint density at radius 1 is 1.50 bits per heavy atom. The highest BCUT2D eigenvalue weighted by Gasteiger charge is 2.21. The van der Waals surface area contributed by atoms with Crippen LogP contribution in [0.5, 0.6) is 0 Å². The van der Waals surface area contributed by atoms with E-state index in [9.17, 15) is 5.11 Å². The molecule has 1 aliphatic rings. The van der Waals surface area contributed by atoms with Gasteiger partial charge in [-0.1, -0.05) is 34.7 Å². The maximum absolute atomic E-state index is 9.66. The Morgan fingerprint density at radius 3 is 2.94 bits per heavy atom. The average molecular weight is 380 g/mol. The lowest BCUT2D eigenvalue weighted by molar-refractivity contribution is 0.197. The topological polar surface area (TPSA) is 23.5 Å². The highest BCUT2D eigenvalue weighted by atomic mass is 127. The van der Waals surface area contributed by atoms with Crippen molar-refractivity contribution >= 4 is 39.9 Å². The SMILES string of the molecule is CC(O)C(I)c1ccc2c(c1)CCN2CCCCl. The van der Waals surface area contributed by atoms with Crippen molar-refractivity contribution < 1.29 is 5.11 Å². The molecule has 0 aromatic heterocycles. The molecule has 2 rings (SSSR count). The Balaban J connectivity index is 2.15. The van der Waals surface area contributed by atoms with Crippen molar-refractivity contribution in [3.63, 3.8) is 0 Å². The Labute approximate surface area is 127 Å². The number of hydrogen-bond donors (Lipinski definition) is 1. The van der Waals surface area contributed by atoms with Gasteiger partial charge in [0.05, 0.1) is 10.0 Å². The van der Waals surface area contributed by atoms with Crippen molar-refractivity contribution in [1.82, 2.24) is 0 Å². The van der Waals surface area contributed by atoms with E-state index in [0.29, 0.717) is 0 Å². The minimum absolute atomic E-state index is 0.171. The molecule has 2 atom stereocenters. The quantitative estimate of drug-likeness (QED) is 0.625. The number of anilines is 1. The lowest BCUT2D eigenvalue weighted by Gasteiger charge is -2.20. The molecule has 1 aromatic rings. The zero-order chi connectivity index (χ0) is 13.1. The zero-order valence-electron chi connectivity index (χ0n) is 10.6. The lowest BCUT2D eigenvalue weighted by Crippen LogP contribution is -2.21. The molecule has 1 heterocycles. The molecule has 0 saturated heterocycles. The number of rotatable bonds is 5. The summed E-state index contributed by atoms with van der Waals surface area (Å²) in [4.78, 5) is 2.41. The molecule has 1 aliphatic heterocycles. The van der Waals surface area contributed by atoms with Gasteiger partial charge in [0, 0.05) is 24.7 Å². The maximum atomic E-state index is 9.66. The molecule has 0 bridgehead atoms. The summed E-state index contributed by atoms with van der Waals surface area (Å²) in [5, 5.41) is 9.66. The first-order valence-corrected chi connectivity index (χ1v) is 8.17. The molecular weight excluding hydrogens is 361 g/mol. The molecule has 0 aliphatic carbocycles. The van der Waals surface area contributed by atoms with Gasteiger partial charge in [-0.25, -0.2) is 0 Å². The van der Waals surface area contributed by atoms with Crippen molar-refractivity contribution in [2.75, 3.05) is 23.9 Å². The molecule has 1 N–H and O–H groups in total. The largest absolute Gasteiger partial charge is 0.392 e. The van der Waals surface area contributed by atoms with Crippen LogP contribution in [0, 0.1) is 0 Å². The van der Waals surface area contributed by atoms with Crippen LogP contribution >= 0.6 is 34.2 Å². The second kappa shape index (κ2) is 6.44. The fourth-order valence-electron chi connectivity index (χ4n) is 2.42. The number of halogens is 2. The highest BCUT2D eigenvalue weighted by Crippen LogP contribution is 2.34. The van der Waals surface area contributed by atoms with Crippen molar-refractivity contribution in [3.05, 3.63) is 29.3 Å². The predicted octanol–water partition coefficient (Wildman–Crippen LogP) is 3.53. The first-order chi connectivity index (χ1) is 8.63. The predicted molar refractivity (Wildman–Crippen MR) is 86.1 cm³/mol. The summed E-state index contributed by atoms with van der Waals surface area (Å²) >= 11 is 8.06. The Kier molecular flexibility index (Phi) is 5.15. The molecule has 2 nitrogen and oxygen atoms in total. The van der Waals surface area contributed by atoms with Crippen LogP contribution in [0.25, 0.3) is 0 Å². The maximum Gasteiger partial charge on any atom is 0.0670 e. The van der Waals surface area contributed by atoms with Crippen LogP contribution in [-0.2, 0) is 6.42 Å². The van der Waals surface area contributed by atoms with Crippen LogP contribution in [0.3, 0.4) is 0 Å². The smallest absolute Gasteiger partial charge is 0.0670 e. The molecule has 2 unspecified atom stereocenters. The number of aliphatic hydroxyl groups excluding tert-OH is 1. The third-order valence-electron chi connectivity index (χ3n) is 3.40. The van der Waals surface area contributed by atoms with Gasteiger partial charge in [-0.05, 0) is 37.0 Å². The van der Waals surface area contributed by atoms with Gasteiger partial charge in [0.1, 0.15) is 0 Å². The van der Waals surface area contributed by atoms with Crippen molar-refractivity contribution in [3.8, 4) is 0 Å². The number of hydrogen-bond acceptors (Lipinski definition) is 2. The summed E-state index contributed by atoms with van der Waals surface area (Å²) in [5.41, 5.74) is 3.98. The Bertz CT molecular complexity index is 411.